The number of hydrogen-bond acceptors (Lipinski definition) is 2. The summed E-state index contributed by atoms with van der Waals surface area (Å²) in [5.74, 6) is 0. The van der Waals surface area contributed by atoms with Gasteiger partial charge in [0.05, 0.1) is 6.10 Å². The molecule has 0 aliphatic rings. The Hall–Kier alpha value is -1.32. The number of benzene rings is 1. The fraction of sp³-hybridized carbons (Fsp3) is 0.273. The molecule has 74 valence electrons. The van der Waals surface area contributed by atoms with Gasteiger partial charge in [-0.15, -0.1) is 0 Å². The topological polar surface area (TPSA) is 51.2 Å². The van der Waals surface area contributed by atoms with Crippen LogP contribution in [-0.4, -0.2) is 22.3 Å². The van der Waals surface area contributed by atoms with Crippen LogP contribution in [0.15, 0.2) is 36.7 Å². The molecule has 1 aromatic heterocycles. The molecule has 0 bridgehead atoms. The van der Waals surface area contributed by atoms with Gasteiger partial charge in [-0.1, -0.05) is 24.3 Å². The Morgan fingerprint density at radius 3 is 2.29 bits per heavy atom. The van der Waals surface area contributed by atoms with E-state index < -0.39 is 6.10 Å². The highest BCUT2D eigenvalue weighted by Crippen LogP contribution is 2.14. The van der Waals surface area contributed by atoms with Crippen LogP contribution >= 0.6 is 0 Å². The monoisotopic (exact) mass is 190 g/mol. The molecular weight excluding hydrogens is 176 g/mol. The van der Waals surface area contributed by atoms with E-state index in [0.29, 0.717) is 13.1 Å². The molecule has 3 heteroatoms. The molecule has 0 radical (unpaired) electrons. The number of rotatable bonds is 3. The van der Waals surface area contributed by atoms with E-state index in [1.54, 1.807) is 0 Å². The number of hydrogen-bond donors (Lipinski definition) is 2. The van der Waals surface area contributed by atoms with E-state index in [9.17, 15) is 5.11 Å². The molecule has 3 N–H and O–H groups in total. The van der Waals surface area contributed by atoms with Crippen molar-refractivity contribution in [2.75, 3.05) is 6.54 Å². The van der Waals surface area contributed by atoms with Crippen LogP contribution < -0.4 is 5.73 Å². The first-order chi connectivity index (χ1) is 6.79. The molecule has 0 spiro atoms. The van der Waals surface area contributed by atoms with Crippen molar-refractivity contribution in [3.05, 3.63) is 36.7 Å². The van der Waals surface area contributed by atoms with Crippen molar-refractivity contribution in [3.63, 3.8) is 0 Å². The summed E-state index contributed by atoms with van der Waals surface area (Å²) >= 11 is 0. The van der Waals surface area contributed by atoms with E-state index in [1.807, 2.05) is 29.1 Å². The van der Waals surface area contributed by atoms with Gasteiger partial charge in [-0.05, 0) is 10.8 Å². The first-order valence-electron chi connectivity index (χ1n) is 4.72. The van der Waals surface area contributed by atoms with Gasteiger partial charge in [0, 0.05) is 25.5 Å². The number of aromatic nitrogens is 1. The zero-order valence-electron chi connectivity index (χ0n) is 7.93. The molecule has 0 fully saturated rings. The van der Waals surface area contributed by atoms with Crippen LogP contribution in [0.5, 0.6) is 0 Å². The highest BCUT2D eigenvalue weighted by molar-refractivity contribution is 5.81. The number of nitrogens with two attached hydrogens (primary N) is 1. The quantitative estimate of drug-likeness (QED) is 0.757. The largest absolute Gasteiger partial charge is 0.390 e. The van der Waals surface area contributed by atoms with Crippen LogP contribution in [0.25, 0.3) is 10.8 Å². The zero-order chi connectivity index (χ0) is 9.97. The summed E-state index contributed by atoms with van der Waals surface area (Å²) in [6.07, 6.45) is 3.58. The van der Waals surface area contributed by atoms with Gasteiger partial charge in [0.15, 0.2) is 0 Å². The lowest BCUT2D eigenvalue weighted by atomic mass is 10.2. The Bertz CT molecular complexity index is 389. The van der Waals surface area contributed by atoms with Gasteiger partial charge < -0.3 is 15.4 Å². The molecule has 14 heavy (non-hydrogen) atoms. The van der Waals surface area contributed by atoms with Crippen LogP contribution in [0.4, 0.5) is 0 Å². The molecule has 2 aromatic rings. The zero-order valence-corrected chi connectivity index (χ0v) is 7.93. The van der Waals surface area contributed by atoms with Gasteiger partial charge in [-0.2, -0.15) is 0 Å². The minimum atomic E-state index is -0.461. The Labute approximate surface area is 82.8 Å². The second-order valence-electron chi connectivity index (χ2n) is 3.47. The standard InChI is InChI=1S/C11H14N2O/c12-5-11(14)8-13-6-9-3-1-2-4-10(9)7-13/h1-4,6-7,11,14H,5,8,12H2. The first-order valence-corrected chi connectivity index (χ1v) is 4.72. The van der Waals surface area contributed by atoms with Crippen LogP contribution in [0, 0.1) is 0 Å². The summed E-state index contributed by atoms with van der Waals surface area (Å²) < 4.78 is 1.97. The Morgan fingerprint density at radius 2 is 1.79 bits per heavy atom. The number of fused-ring (bicyclic) bond motifs is 1. The van der Waals surface area contributed by atoms with Gasteiger partial charge in [-0.25, -0.2) is 0 Å². The van der Waals surface area contributed by atoms with E-state index in [4.69, 9.17) is 5.73 Å². The molecule has 0 saturated heterocycles. The molecule has 2 rings (SSSR count). The molecule has 1 heterocycles. The molecule has 3 nitrogen and oxygen atoms in total. The fourth-order valence-electron chi connectivity index (χ4n) is 1.56. The second kappa shape index (κ2) is 3.82. The molecule has 1 atom stereocenters. The van der Waals surface area contributed by atoms with E-state index in [0.717, 1.165) is 0 Å². The molecule has 0 saturated carbocycles. The van der Waals surface area contributed by atoms with E-state index in [2.05, 4.69) is 12.1 Å². The van der Waals surface area contributed by atoms with E-state index in [1.165, 1.54) is 10.8 Å². The van der Waals surface area contributed by atoms with Crippen LogP contribution in [0.2, 0.25) is 0 Å². The summed E-state index contributed by atoms with van der Waals surface area (Å²) in [6.45, 7) is 0.861. The summed E-state index contributed by atoms with van der Waals surface area (Å²) in [4.78, 5) is 0. The number of aliphatic hydroxyl groups is 1. The van der Waals surface area contributed by atoms with E-state index >= 15 is 0 Å². The SMILES string of the molecule is NCC(O)Cn1cc2ccccc2c1. The van der Waals surface area contributed by atoms with Gasteiger partial charge >= 0.3 is 0 Å². The minimum Gasteiger partial charge on any atom is -0.390 e. The summed E-state index contributed by atoms with van der Waals surface area (Å²) in [5.41, 5.74) is 5.35. The normalized spacial score (nSPS) is 13.3. The van der Waals surface area contributed by atoms with E-state index in [-0.39, 0.29) is 0 Å². The lowest BCUT2D eigenvalue weighted by Gasteiger charge is -2.07. The van der Waals surface area contributed by atoms with Crippen LogP contribution in [0.1, 0.15) is 0 Å². The van der Waals surface area contributed by atoms with Crippen molar-refractivity contribution in [1.82, 2.24) is 4.57 Å². The minimum absolute atomic E-state index is 0.300. The molecule has 0 aliphatic carbocycles. The van der Waals surface area contributed by atoms with Crippen molar-refractivity contribution >= 4 is 10.8 Å². The third kappa shape index (κ3) is 1.78. The average Bonchev–Trinajstić information content (AvgIpc) is 2.59. The number of nitrogens with zero attached hydrogens (tertiary/aromatic N) is 1. The smallest absolute Gasteiger partial charge is 0.0840 e. The third-order valence-corrected chi connectivity index (χ3v) is 2.30. The predicted molar refractivity (Wildman–Crippen MR) is 57.0 cm³/mol. The maximum atomic E-state index is 9.39. The van der Waals surface area contributed by atoms with Gasteiger partial charge in [-0.3, -0.25) is 0 Å². The van der Waals surface area contributed by atoms with Crippen molar-refractivity contribution in [2.45, 2.75) is 12.6 Å². The Morgan fingerprint density at radius 1 is 1.21 bits per heavy atom. The van der Waals surface area contributed by atoms with Crippen molar-refractivity contribution < 1.29 is 5.11 Å². The van der Waals surface area contributed by atoms with Crippen molar-refractivity contribution in [1.29, 1.82) is 0 Å². The summed E-state index contributed by atoms with van der Waals surface area (Å²) in [5, 5.41) is 11.8. The summed E-state index contributed by atoms with van der Waals surface area (Å²) in [7, 11) is 0. The Balaban J connectivity index is 2.27. The highest BCUT2D eigenvalue weighted by atomic mass is 16.3. The summed E-state index contributed by atoms with van der Waals surface area (Å²) in [6, 6.07) is 8.12. The highest BCUT2D eigenvalue weighted by Gasteiger charge is 2.03. The van der Waals surface area contributed by atoms with Crippen LogP contribution in [0.3, 0.4) is 0 Å². The maximum Gasteiger partial charge on any atom is 0.0840 e. The lowest BCUT2D eigenvalue weighted by molar-refractivity contribution is 0.162. The molecule has 0 aliphatic heterocycles. The lowest BCUT2D eigenvalue weighted by Crippen LogP contribution is -2.24. The molecular formula is C11H14N2O. The van der Waals surface area contributed by atoms with Crippen LogP contribution in [-0.2, 0) is 6.54 Å². The van der Waals surface area contributed by atoms with Gasteiger partial charge in [0.1, 0.15) is 0 Å². The van der Waals surface area contributed by atoms with Gasteiger partial charge in [0.2, 0.25) is 0 Å². The van der Waals surface area contributed by atoms with Crippen molar-refractivity contribution in [2.24, 2.45) is 5.73 Å². The second-order valence-corrected chi connectivity index (χ2v) is 3.47. The number of aliphatic hydroxyl groups excluding tert-OH is 1. The molecule has 1 aromatic carbocycles. The first kappa shape index (κ1) is 9.24. The molecule has 1 unspecified atom stereocenters. The fourth-order valence-corrected chi connectivity index (χ4v) is 1.56. The maximum absolute atomic E-state index is 9.39. The van der Waals surface area contributed by atoms with Crippen molar-refractivity contribution in [3.8, 4) is 0 Å². The average molecular weight is 190 g/mol. The molecule has 0 amide bonds. The predicted octanol–water partition coefficient (Wildman–Crippen LogP) is 0.961. The van der Waals surface area contributed by atoms with Gasteiger partial charge in [0.25, 0.3) is 0 Å². The third-order valence-electron chi connectivity index (χ3n) is 2.30. The Kier molecular flexibility index (Phi) is 2.52.